The monoisotopic (exact) mass is 408 g/mol. The van der Waals surface area contributed by atoms with Gasteiger partial charge in [0.15, 0.2) is 0 Å². The van der Waals surface area contributed by atoms with Gasteiger partial charge in [-0.25, -0.2) is 0 Å². The quantitative estimate of drug-likeness (QED) is 0.606. The van der Waals surface area contributed by atoms with Gasteiger partial charge in [0, 0.05) is 24.6 Å². The molecule has 1 fully saturated rings. The molecule has 2 aromatic rings. The van der Waals surface area contributed by atoms with Gasteiger partial charge in [-0.2, -0.15) is 0 Å². The van der Waals surface area contributed by atoms with Crippen LogP contribution in [0, 0.1) is 0 Å². The van der Waals surface area contributed by atoms with E-state index in [1.807, 2.05) is 24.3 Å². The summed E-state index contributed by atoms with van der Waals surface area (Å²) in [7, 11) is 0. The summed E-state index contributed by atoms with van der Waals surface area (Å²) >= 11 is 0. The van der Waals surface area contributed by atoms with Gasteiger partial charge in [-0.05, 0) is 60.1 Å². The molecule has 160 valence electrons. The molecule has 5 nitrogen and oxygen atoms in total. The largest absolute Gasteiger partial charge is 0.494 e. The molecule has 30 heavy (non-hydrogen) atoms. The molecule has 0 spiro atoms. The molecule has 0 heterocycles. The van der Waals surface area contributed by atoms with E-state index in [0.29, 0.717) is 37.6 Å². The second-order valence-electron chi connectivity index (χ2n) is 8.95. The van der Waals surface area contributed by atoms with Crippen molar-refractivity contribution in [2.45, 2.75) is 64.5 Å². The number of carbonyl (C=O) groups excluding carboxylic acids is 2. The van der Waals surface area contributed by atoms with Crippen LogP contribution in [0.2, 0.25) is 0 Å². The Morgan fingerprint density at radius 3 is 2.27 bits per heavy atom. The minimum atomic E-state index is -0.0267. The summed E-state index contributed by atoms with van der Waals surface area (Å²) < 4.78 is 5.74. The third-order valence-electron chi connectivity index (χ3n) is 5.16. The predicted octanol–water partition coefficient (Wildman–Crippen LogP) is 4.35. The van der Waals surface area contributed by atoms with Crippen LogP contribution >= 0.6 is 0 Å². The number of nitrogens with one attached hydrogen (secondary N) is 2. The highest BCUT2D eigenvalue weighted by atomic mass is 16.5. The van der Waals surface area contributed by atoms with Gasteiger partial charge >= 0.3 is 0 Å². The van der Waals surface area contributed by atoms with E-state index in [4.69, 9.17) is 4.74 Å². The number of benzene rings is 2. The van der Waals surface area contributed by atoms with Gasteiger partial charge in [0.05, 0.1) is 6.61 Å². The van der Waals surface area contributed by atoms with Gasteiger partial charge in [-0.1, -0.05) is 45.0 Å². The molecule has 1 aliphatic rings. The highest BCUT2D eigenvalue weighted by Gasteiger charge is 2.23. The van der Waals surface area contributed by atoms with E-state index in [1.54, 1.807) is 12.1 Å². The summed E-state index contributed by atoms with van der Waals surface area (Å²) in [5.74, 6) is 0.799. The summed E-state index contributed by atoms with van der Waals surface area (Å²) in [6, 6.07) is 15.9. The summed E-state index contributed by atoms with van der Waals surface area (Å²) in [5.41, 5.74) is 3.02. The Morgan fingerprint density at radius 1 is 1.00 bits per heavy atom. The average molecular weight is 409 g/mol. The Bertz CT molecular complexity index is 847. The first-order valence-corrected chi connectivity index (χ1v) is 10.7. The van der Waals surface area contributed by atoms with Gasteiger partial charge in [-0.15, -0.1) is 0 Å². The summed E-state index contributed by atoms with van der Waals surface area (Å²) in [4.78, 5) is 24.0. The van der Waals surface area contributed by atoms with Crippen LogP contribution in [0.25, 0.3) is 0 Å². The third-order valence-corrected chi connectivity index (χ3v) is 5.16. The standard InChI is InChI=1S/C25H32N2O3/c1-25(2,3)20-10-14-22(15-11-20)30-16-4-5-23(28)26-17-18-6-8-19(9-7-18)24(29)27-21-12-13-21/h6-11,14-15,21H,4-5,12-13,16-17H2,1-3H3,(H,26,28)(H,27,29). The van der Waals surface area contributed by atoms with Crippen LogP contribution < -0.4 is 15.4 Å². The van der Waals surface area contributed by atoms with Gasteiger partial charge in [-0.3, -0.25) is 9.59 Å². The van der Waals surface area contributed by atoms with Crippen molar-refractivity contribution < 1.29 is 14.3 Å². The average Bonchev–Trinajstić information content (AvgIpc) is 3.53. The fourth-order valence-electron chi connectivity index (χ4n) is 3.03. The van der Waals surface area contributed by atoms with E-state index >= 15 is 0 Å². The lowest BCUT2D eigenvalue weighted by Gasteiger charge is -2.19. The maximum atomic E-state index is 12.1. The van der Waals surface area contributed by atoms with Crippen LogP contribution in [-0.4, -0.2) is 24.5 Å². The van der Waals surface area contributed by atoms with E-state index in [1.165, 1.54) is 5.56 Å². The van der Waals surface area contributed by atoms with Crippen molar-refractivity contribution in [1.29, 1.82) is 0 Å². The van der Waals surface area contributed by atoms with Crippen molar-refractivity contribution in [3.8, 4) is 5.75 Å². The fourth-order valence-corrected chi connectivity index (χ4v) is 3.03. The van der Waals surface area contributed by atoms with Crippen LogP contribution in [0.4, 0.5) is 0 Å². The number of hydrogen-bond acceptors (Lipinski definition) is 3. The van der Waals surface area contributed by atoms with Crippen molar-refractivity contribution >= 4 is 11.8 Å². The predicted molar refractivity (Wildman–Crippen MR) is 119 cm³/mol. The van der Waals surface area contributed by atoms with Crippen LogP contribution in [0.1, 0.15) is 67.9 Å². The highest BCUT2D eigenvalue weighted by Crippen LogP contribution is 2.24. The normalized spacial score (nSPS) is 13.6. The van der Waals surface area contributed by atoms with Gasteiger partial charge in [0.25, 0.3) is 5.91 Å². The molecule has 5 heteroatoms. The van der Waals surface area contributed by atoms with Crippen LogP contribution in [-0.2, 0) is 16.8 Å². The van der Waals surface area contributed by atoms with Crippen molar-refractivity contribution in [3.63, 3.8) is 0 Å². The minimum absolute atomic E-state index is 0.00256. The van der Waals surface area contributed by atoms with Gasteiger partial charge in [0.2, 0.25) is 5.91 Å². The second kappa shape index (κ2) is 9.79. The van der Waals surface area contributed by atoms with Crippen molar-refractivity contribution in [2.24, 2.45) is 0 Å². The van der Waals surface area contributed by atoms with E-state index in [2.05, 4.69) is 43.5 Å². The maximum absolute atomic E-state index is 12.1. The number of rotatable bonds is 9. The fraction of sp³-hybridized carbons (Fsp3) is 0.440. The van der Waals surface area contributed by atoms with E-state index in [-0.39, 0.29) is 17.2 Å². The molecule has 0 aliphatic heterocycles. The Morgan fingerprint density at radius 2 is 1.67 bits per heavy atom. The molecule has 2 aromatic carbocycles. The van der Waals surface area contributed by atoms with Crippen molar-refractivity contribution in [3.05, 3.63) is 65.2 Å². The zero-order chi connectivity index (χ0) is 21.6. The summed E-state index contributed by atoms with van der Waals surface area (Å²) in [5, 5.41) is 5.89. The van der Waals surface area contributed by atoms with Crippen LogP contribution in [0.5, 0.6) is 5.75 Å². The molecule has 2 amide bonds. The molecular formula is C25H32N2O3. The molecule has 0 radical (unpaired) electrons. The Hall–Kier alpha value is -2.82. The number of amides is 2. The molecule has 1 saturated carbocycles. The highest BCUT2D eigenvalue weighted by molar-refractivity contribution is 5.94. The van der Waals surface area contributed by atoms with Gasteiger partial charge < -0.3 is 15.4 Å². The molecule has 1 aliphatic carbocycles. The molecule has 0 unspecified atom stereocenters. The van der Waals surface area contributed by atoms with Crippen LogP contribution in [0.3, 0.4) is 0 Å². The summed E-state index contributed by atoms with van der Waals surface area (Å²) in [6.07, 6.45) is 3.23. The Balaban J connectivity index is 1.32. The van der Waals surface area contributed by atoms with Crippen LogP contribution in [0.15, 0.2) is 48.5 Å². The third kappa shape index (κ3) is 6.90. The molecule has 0 aromatic heterocycles. The van der Waals surface area contributed by atoms with Gasteiger partial charge in [0.1, 0.15) is 5.75 Å². The van der Waals surface area contributed by atoms with E-state index in [9.17, 15) is 9.59 Å². The van der Waals surface area contributed by atoms with Crippen molar-refractivity contribution in [1.82, 2.24) is 10.6 Å². The minimum Gasteiger partial charge on any atom is -0.494 e. The molecule has 0 saturated heterocycles. The lowest BCUT2D eigenvalue weighted by molar-refractivity contribution is -0.121. The molecule has 2 N–H and O–H groups in total. The lowest BCUT2D eigenvalue weighted by atomic mass is 9.87. The SMILES string of the molecule is CC(C)(C)c1ccc(OCCCC(=O)NCc2ccc(C(=O)NC3CC3)cc2)cc1. The molecule has 0 atom stereocenters. The number of carbonyl (C=O) groups is 2. The van der Waals surface area contributed by atoms with Crippen molar-refractivity contribution in [2.75, 3.05) is 6.61 Å². The first-order valence-electron chi connectivity index (χ1n) is 10.7. The molecular weight excluding hydrogens is 376 g/mol. The van der Waals surface area contributed by atoms with E-state index < -0.39 is 0 Å². The molecule has 3 rings (SSSR count). The first kappa shape index (κ1) is 21.9. The zero-order valence-electron chi connectivity index (χ0n) is 18.2. The first-order chi connectivity index (χ1) is 14.3. The number of ether oxygens (including phenoxy) is 1. The second-order valence-corrected chi connectivity index (χ2v) is 8.95. The Kier molecular flexibility index (Phi) is 7.14. The Labute approximate surface area is 179 Å². The molecule has 0 bridgehead atoms. The smallest absolute Gasteiger partial charge is 0.251 e. The van der Waals surface area contributed by atoms with E-state index in [0.717, 1.165) is 24.2 Å². The maximum Gasteiger partial charge on any atom is 0.251 e. The lowest BCUT2D eigenvalue weighted by Crippen LogP contribution is -2.25. The number of hydrogen-bond donors (Lipinski definition) is 2. The zero-order valence-corrected chi connectivity index (χ0v) is 18.2. The summed E-state index contributed by atoms with van der Waals surface area (Å²) in [6.45, 7) is 7.51. The topological polar surface area (TPSA) is 67.4 Å².